The Balaban J connectivity index is 1.78. The molecule has 0 atom stereocenters. The number of amides is 1. The number of carbonyl (C=O) groups excluding carboxylic acids is 1. The zero-order chi connectivity index (χ0) is 17.1. The van der Waals surface area contributed by atoms with Crippen molar-refractivity contribution in [3.63, 3.8) is 0 Å². The van der Waals surface area contributed by atoms with Gasteiger partial charge in [-0.15, -0.1) is 0 Å². The van der Waals surface area contributed by atoms with Crippen molar-refractivity contribution in [1.29, 1.82) is 0 Å². The number of likely N-dealkylation sites (N-methyl/N-ethyl adjacent to an activating group) is 1. The van der Waals surface area contributed by atoms with Crippen molar-refractivity contribution in [3.05, 3.63) is 53.3 Å². The van der Waals surface area contributed by atoms with Crippen LogP contribution in [0.3, 0.4) is 0 Å². The predicted octanol–water partition coefficient (Wildman–Crippen LogP) is 2.83. The predicted molar refractivity (Wildman–Crippen MR) is 96.8 cm³/mol. The molecule has 24 heavy (non-hydrogen) atoms. The van der Waals surface area contributed by atoms with E-state index in [4.69, 9.17) is 0 Å². The third-order valence-corrected chi connectivity index (χ3v) is 4.53. The van der Waals surface area contributed by atoms with Gasteiger partial charge in [-0.25, -0.2) is 0 Å². The van der Waals surface area contributed by atoms with Crippen LogP contribution in [0.4, 0.5) is 11.4 Å². The Morgan fingerprint density at radius 1 is 1.08 bits per heavy atom. The number of carbonyl (C=O) groups is 1. The van der Waals surface area contributed by atoms with E-state index in [2.05, 4.69) is 48.2 Å². The molecule has 0 radical (unpaired) electrons. The van der Waals surface area contributed by atoms with Gasteiger partial charge in [0.25, 0.3) is 5.91 Å². The first kappa shape index (κ1) is 16.5. The Labute approximate surface area is 143 Å². The number of hydrogen-bond acceptors (Lipinski definition) is 4. The summed E-state index contributed by atoms with van der Waals surface area (Å²) in [5.74, 6) is 0.0563. The van der Waals surface area contributed by atoms with Gasteiger partial charge in [-0.2, -0.15) is 0 Å². The fourth-order valence-electron chi connectivity index (χ4n) is 2.97. The molecule has 1 aliphatic heterocycles. The Hall–Kier alpha value is -2.40. The highest BCUT2D eigenvalue weighted by molar-refractivity contribution is 5.95. The van der Waals surface area contributed by atoms with Gasteiger partial charge in [-0.3, -0.25) is 9.78 Å². The molecule has 2 heterocycles. The van der Waals surface area contributed by atoms with E-state index in [1.54, 1.807) is 12.4 Å². The first-order valence-electron chi connectivity index (χ1n) is 8.30. The minimum Gasteiger partial charge on any atom is -0.354 e. The SMILES string of the molecule is Cc1cccc(C)c1Nc1cncc(C(=O)N2CCN(C)CC2)c1. The molecule has 1 aromatic carbocycles. The smallest absolute Gasteiger partial charge is 0.255 e. The molecule has 1 aliphatic rings. The average molecular weight is 324 g/mol. The van der Waals surface area contributed by atoms with Crippen molar-refractivity contribution in [3.8, 4) is 0 Å². The fourth-order valence-corrected chi connectivity index (χ4v) is 2.97. The average Bonchev–Trinajstić information content (AvgIpc) is 2.59. The molecule has 0 unspecified atom stereocenters. The number of anilines is 2. The first-order valence-corrected chi connectivity index (χ1v) is 8.30. The summed E-state index contributed by atoms with van der Waals surface area (Å²) in [5.41, 5.74) is 4.89. The monoisotopic (exact) mass is 324 g/mol. The Morgan fingerprint density at radius 3 is 2.42 bits per heavy atom. The van der Waals surface area contributed by atoms with E-state index < -0.39 is 0 Å². The molecule has 0 saturated carbocycles. The van der Waals surface area contributed by atoms with Gasteiger partial charge in [-0.05, 0) is 38.1 Å². The summed E-state index contributed by atoms with van der Waals surface area (Å²) in [6, 6.07) is 8.07. The number of rotatable bonds is 3. The van der Waals surface area contributed by atoms with Crippen LogP contribution in [0.2, 0.25) is 0 Å². The lowest BCUT2D eigenvalue weighted by Crippen LogP contribution is -2.47. The lowest BCUT2D eigenvalue weighted by molar-refractivity contribution is 0.0663. The van der Waals surface area contributed by atoms with Gasteiger partial charge in [0.1, 0.15) is 0 Å². The van der Waals surface area contributed by atoms with E-state index in [1.807, 2.05) is 17.0 Å². The van der Waals surface area contributed by atoms with E-state index in [0.717, 1.165) is 37.6 Å². The Bertz CT molecular complexity index is 716. The summed E-state index contributed by atoms with van der Waals surface area (Å²) < 4.78 is 0. The molecule has 1 fully saturated rings. The van der Waals surface area contributed by atoms with Crippen molar-refractivity contribution in [1.82, 2.24) is 14.8 Å². The summed E-state index contributed by atoms with van der Waals surface area (Å²) in [5, 5.41) is 3.40. The molecule has 1 aromatic heterocycles. The second kappa shape index (κ2) is 7.01. The van der Waals surface area contributed by atoms with Crippen molar-refractivity contribution in [2.75, 3.05) is 38.5 Å². The minimum absolute atomic E-state index is 0.0563. The van der Waals surface area contributed by atoms with Crippen molar-refractivity contribution >= 4 is 17.3 Å². The van der Waals surface area contributed by atoms with E-state index >= 15 is 0 Å². The molecule has 0 bridgehead atoms. The summed E-state index contributed by atoms with van der Waals surface area (Å²) >= 11 is 0. The third kappa shape index (κ3) is 3.57. The largest absolute Gasteiger partial charge is 0.354 e. The number of hydrogen-bond donors (Lipinski definition) is 1. The van der Waals surface area contributed by atoms with E-state index in [0.29, 0.717) is 5.56 Å². The molecule has 126 valence electrons. The maximum atomic E-state index is 12.7. The van der Waals surface area contributed by atoms with E-state index in [1.165, 1.54) is 11.1 Å². The topological polar surface area (TPSA) is 48.5 Å². The molecule has 1 saturated heterocycles. The van der Waals surface area contributed by atoms with Crippen LogP contribution in [0.15, 0.2) is 36.7 Å². The molecule has 2 aromatic rings. The summed E-state index contributed by atoms with van der Waals surface area (Å²) in [6.07, 6.45) is 3.41. The second-order valence-corrected chi connectivity index (χ2v) is 6.45. The summed E-state index contributed by atoms with van der Waals surface area (Å²) in [4.78, 5) is 21.1. The third-order valence-electron chi connectivity index (χ3n) is 4.53. The van der Waals surface area contributed by atoms with Gasteiger partial charge in [0.05, 0.1) is 17.4 Å². The standard InChI is InChI=1S/C19H24N4O/c1-14-5-4-6-15(2)18(14)21-17-11-16(12-20-13-17)19(24)23-9-7-22(3)8-10-23/h4-6,11-13,21H,7-10H2,1-3H3. The van der Waals surface area contributed by atoms with Gasteiger partial charge in [-0.1, -0.05) is 18.2 Å². The molecule has 0 spiro atoms. The number of piperazine rings is 1. The van der Waals surface area contributed by atoms with Gasteiger partial charge < -0.3 is 15.1 Å². The Kier molecular flexibility index (Phi) is 4.81. The number of aryl methyl sites for hydroxylation is 2. The molecule has 3 rings (SSSR count). The highest BCUT2D eigenvalue weighted by Gasteiger charge is 2.20. The minimum atomic E-state index is 0.0563. The number of pyridine rings is 1. The van der Waals surface area contributed by atoms with Crippen LogP contribution in [-0.4, -0.2) is 53.9 Å². The van der Waals surface area contributed by atoms with Crippen LogP contribution in [0.25, 0.3) is 0 Å². The Morgan fingerprint density at radius 2 is 1.75 bits per heavy atom. The van der Waals surface area contributed by atoms with Crippen LogP contribution in [0.5, 0.6) is 0 Å². The number of para-hydroxylation sites is 1. The number of nitrogens with zero attached hydrogens (tertiary/aromatic N) is 3. The van der Waals surface area contributed by atoms with Crippen molar-refractivity contribution in [2.24, 2.45) is 0 Å². The van der Waals surface area contributed by atoms with Gasteiger partial charge in [0, 0.05) is 38.1 Å². The normalized spacial score (nSPS) is 15.4. The van der Waals surface area contributed by atoms with Crippen LogP contribution in [0.1, 0.15) is 21.5 Å². The molecule has 1 amide bonds. The molecular weight excluding hydrogens is 300 g/mol. The van der Waals surface area contributed by atoms with Crippen LogP contribution < -0.4 is 5.32 Å². The van der Waals surface area contributed by atoms with Crippen molar-refractivity contribution in [2.45, 2.75) is 13.8 Å². The van der Waals surface area contributed by atoms with E-state index in [-0.39, 0.29) is 5.91 Å². The fraction of sp³-hybridized carbons (Fsp3) is 0.368. The maximum Gasteiger partial charge on any atom is 0.255 e. The molecule has 5 nitrogen and oxygen atoms in total. The maximum absolute atomic E-state index is 12.7. The van der Waals surface area contributed by atoms with Gasteiger partial charge in [0.15, 0.2) is 0 Å². The van der Waals surface area contributed by atoms with E-state index in [9.17, 15) is 4.79 Å². The number of benzene rings is 1. The zero-order valence-electron chi connectivity index (χ0n) is 14.5. The highest BCUT2D eigenvalue weighted by Crippen LogP contribution is 2.24. The summed E-state index contributed by atoms with van der Waals surface area (Å²) in [6.45, 7) is 7.51. The first-order chi connectivity index (χ1) is 11.5. The lowest BCUT2D eigenvalue weighted by atomic mass is 10.1. The quantitative estimate of drug-likeness (QED) is 0.943. The molecular formula is C19H24N4O. The van der Waals surface area contributed by atoms with Gasteiger partial charge >= 0.3 is 0 Å². The van der Waals surface area contributed by atoms with Crippen molar-refractivity contribution < 1.29 is 4.79 Å². The summed E-state index contributed by atoms with van der Waals surface area (Å²) in [7, 11) is 2.08. The molecule has 1 N–H and O–H groups in total. The van der Waals surface area contributed by atoms with Crippen LogP contribution in [0, 0.1) is 13.8 Å². The number of aromatic nitrogens is 1. The lowest BCUT2D eigenvalue weighted by Gasteiger charge is -2.32. The molecule has 0 aliphatic carbocycles. The van der Waals surface area contributed by atoms with Crippen LogP contribution in [-0.2, 0) is 0 Å². The highest BCUT2D eigenvalue weighted by atomic mass is 16.2. The van der Waals surface area contributed by atoms with Gasteiger partial charge in [0.2, 0.25) is 0 Å². The van der Waals surface area contributed by atoms with Crippen LogP contribution >= 0.6 is 0 Å². The zero-order valence-corrected chi connectivity index (χ0v) is 14.5. The number of nitrogens with one attached hydrogen (secondary N) is 1. The second-order valence-electron chi connectivity index (χ2n) is 6.45. The molecule has 5 heteroatoms.